The van der Waals surface area contributed by atoms with E-state index < -0.39 is 0 Å². The van der Waals surface area contributed by atoms with Gasteiger partial charge in [-0.05, 0) is 66.5 Å². The van der Waals surface area contributed by atoms with Crippen molar-refractivity contribution in [2.45, 2.75) is 26.2 Å². The van der Waals surface area contributed by atoms with E-state index in [2.05, 4.69) is 24.5 Å². The van der Waals surface area contributed by atoms with E-state index in [1.165, 1.54) is 5.56 Å². The summed E-state index contributed by atoms with van der Waals surface area (Å²) in [5.74, 6) is 0.975. The second kappa shape index (κ2) is 9.03. The molecule has 0 bridgehead atoms. The number of anilines is 2. The number of hydrogen-bond acceptors (Lipinski definition) is 3. The average Bonchev–Trinajstić information content (AvgIpc) is 2.61. The molecule has 0 aliphatic heterocycles. The molecule has 0 saturated heterocycles. The Hall–Kier alpha value is -2.60. The highest BCUT2D eigenvalue weighted by Crippen LogP contribution is 2.21. The third kappa shape index (κ3) is 6.08. The number of carbonyl (C=O) groups is 1. The van der Waals surface area contributed by atoms with Gasteiger partial charge in [0.2, 0.25) is 0 Å². The molecule has 2 rings (SSSR count). The molecule has 0 aliphatic rings. The standard InChI is InChI=1S/C19H23N3O2S/c1-3-13(2)14-4-10-17(11-5-14)24-12-18(23)21-15-6-8-16(9-7-15)22-19(20)25/h4-11,13H,3,12H2,1-2H3,(H,21,23)(H3,20,22,25)/t13-/m0/s1. The molecule has 0 radical (unpaired) electrons. The molecule has 0 aromatic heterocycles. The zero-order chi connectivity index (χ0) is 18.2. The van der Waals surface area contributed by atoms with Crippen LogP contribution in [0.3, 0.4) is 0 Å². The lowest BCUT2D eigenvalue weighted by atomic mass is 9.99. The van der Waals surface area contributed by atoms with Crippen LogP contribution in [-0.2, 0) is 4.79 Å². The van der Waals surface area contributed by atoms with Crippen molar-refractivity contribution in [3.05, 3.63) is 54.1 Å². The fourth-order valence-electron chi connectivity index (χ4n) is 2.25. The quantitative estimate of drug-likeness (QED) is 0.656. The van der Waals surface area contributed by atoms with Crippen molar-refractivity contribution >= 4 is 34.6 Å². The van der Waals surface area contributed by atoms with Crippen LogP contribution in [0.5, 0.6) is 5.75 Å². The lowest BCUT2D eigenvalue weighted by molar-refractivity contribution is -0.118. The minimum atomic E-state index is -0.221. The van der Waals surface area contributed by atoms with E-state index in [0.717, 1.165) is 12.1 Å². The molecule has 0 aliphatic carbocycles. The van der Waals surface area contributed by atoms with E-state index >= 15 is 0 Å². The molecular weight excluding hydrogens is 334 g/mol. The number of nitrogens with one attached hydrogen (secondary N) is 2. The van der Waals surface area contributed by atoms with E-state index in [0.29, 0.717) is 17.4 Å². The molecule has 0 saturated carbocycles. The first-order chi connectivity index (χ1) is 12.0. The number of carbonyl (C=O) groups excluding carboxylic acids is 1. The fraction of sp³-hybridized carbons (Fsp3) is 0.263. The smallest absolute Gasteiger partial charge is 0.262 e. The maximum absolute atomic E-state index is 12.0. The highest BCUT2D eigenvalue weighted by molar-refractivity contribution is 7.80. The topological polar surface area (TPSA) is 76.4 Å². The van der Waals surface area contributed by atoms with E-state index in [-0.39, 0.29) is 17.6 Å². The molecule has 25 heavy (non-hydrogen) atoms. The van der Waals surface area contributed by atoms with Crippen molar-refractivity contribution in [3.8, 4) is 5.75 Å². The summed E-state index contributed by atoms with van der Waals surface area (Å²) >= 11 is 4.77. The first-order valence-corrected chi connectivity index (χ1v) is 8.58. The molecule has 0 fully saturated rings. The summed E-state index contributed by atoms with van der Waals surface area (Å²) in [6, 6.07) is 14.9. The number of nitrogens with two attached hydrogens (primary N) is 1. The van der Waals surface area contributed by atoms with Gasteiger partial charge in [-0.2, -0.15) is 0 Å². The number of ether oxygens (including phenoxy) is 1. The highest BCUT2D eigenvalue weighted by Gasteiger charge is 2.06. The highest BCUT2D eigenvalue weighted by atomic mass is 32.1. The number of hydrogen-bond donors (Lipinski definition) is 3. The Balaban J connectivity index is 1.83. The van der Waals surface area contributed by atoms with Crippen molar-refractivity contribution in [2.24, 2.45) is 5.73 Å². The zero-order valence-corrected chi connectivity index (χ0v) is 15.2. The van der Waals surface area contributed by atoms with Gasteiger partial charge in [0.05, 0.1) is 0 Å². The average molecular weight is 357 g/mol. The normalized spacial score (nSPS) is 11.4. The lowest BCUT2D eigenvalue weighted by Crippen LogP contribution is -2.20. The van der Waals surface area contributed by atoms with E-state index in [9.17, 15) is 4.79 Å². The van der Waals surface area contributed by atoms with Crippen molar-refractivity contribution in [3.63, 3.8) is 0 Å². The predicted molar refractivity (Wildman–Crippen MR) is 106 cm³/mol. The summed E-state index contributed by atoms with van der Waals surface area (Å²) in [6.07, 6.45) is 1.09. The van der Waals surface area contributed by atoms with Crippen LogP contribution in [0.15, 0.2) is 48.5 Å². The molecule has 0 heterocycles. The third-order valence-corrected chi connectivity index (χ3v) is 3.97. The molecule has 5 nitrogen and oxygen atoms in total. The van der Waals surface area contributed by atoms with E-state index in [4.69, 9.17) is 22.7 Å². The van der Waals surface area contributed by atoms with Gasteiger partial charge >= 0.3 is 0 Å². The number of rotatable bonds is 7. The second-order valence-corrected chi connectivity index (χ2v) is 6.22. The summed E-state index contributed by atoms with van der Waals surface area (Å²) < 4.78 is 5.53. The third-order valence-electron chi connectivity index (χ3n) is 3.87. The van der Waals surface area contributed by atoms with Gasteiger partial charge in [0.1, 0.15) is 5.75 Å². The summed E-state index contributed by atoms with van der Waals surface area (Å²) in [5.41, 5.74) is 8.12. The maximum atomic E-state index is 12.0. The van der Waals surface area contributed by atoms with Crippen LogP contribution >= 0.6 is 12.2 Å². The Morgan fingerprint density at radius 2 is 1.64 bits per heavy atom. The molecule has 2 aromatic rings. The number of amides is 1. The van der Waals surface area contributed by atoms with Crippen LogP contribution in [0.4, 0.5) is 11.4 Å². The van der Waals surface area contributed by atoms with Crippen LogP contribution < -0.4 is 21.1 Å². The number of benzene rings is 2. The molecule has 1 amide bonds. The molecular formula is C19H23N3O2S. The van der Waals surface area contributed by atoms with Gasteiger partial charge in [-0.1, -0.05) is 26.0 Å². The molecule has 132 valence electrons. The molecule has 4 N–H and O–H groups in total. The van der Waals surface area contributed by atoms with Crippen LogP contribution in [0, 0.1) is 0 Å². The summed E-state index contributed by atoms with van der Waals surface area (Å²) in [5, 5.41) is 5.79. The zero-order valence-electron chi connectivity index (χ0n) is 14.4. The largest absolute Gasteiger partial charge is 0.484 e. The Labute approximate surface area is 153 Å². The minimum absolute atomic E-state index is 0.0461. The molecule has 1 atom stereocenters. The summed E-state index contributed by atoms with van der Waals surface area (Å²) in [6.45, 7) is 4.30. The fourth-order valence-corrected chi connectivity index (χ4v) is 2.37. The first-order valence-electron chi connectivity index (χ1n) is 8.17. The number of thiocarbonyl (C=S) groups is 1. The van der Waals surface area contributed by atoms with Gasteiger partial charge in [-0.15, -0.1) is 0 Å². The van der Waals surface area contributed by atoms with Gasteiger partial charge in [-0.3, -0.25) is 4.79 Å². The second-order valence-electron chi connectivity index (χ2n) is 5.78. The molecule has 2 aromatic carbocycles. The lowest BCUT2D eigenvalue weighted by Gasteiger charge is -2.11. The maximum Gasteiger partial charge on any atom is 0.262 e. The Bertz CT molecular complexity index is 714. The van der Waals surface area contributed by atoms with Gasteiger partial charge in [0.15, 0.2) is 11.7 Å². The van der Waals surface area contributed by atoms with E-state index in [1.807, 2.05) is 24.3 Å². The Morgan fingerprint density at radius 1 is 1.08 bits per heavy atom. The van der Waals surface area contributed by atoms with Crippen molar-refractivity contribution < 1.29 is 9.53 Å². The summed E-state index contributed by atoms with van der Waals surface area (Å²) in [7, 11) is 0. The van der Waals surface area contributed by atoms with Crippen molar-refractivity contribution in [2.75, 3.05) is 17.2 Å². The van der Waals surface area contributed by atoms with Crippen molar-refractivity contribution in [1.29, 1.82) is 0 Å². The first kappa shape index (κ1) is 18.7. The van der Waals surface area contributed by atoms with Gasteiger partial charge in [0, 0.05) is 11.4 Å². The van der Waals surface area contributed by atoms with Gasteiger partial charge < -0.3 is 21.1 Å². The van der Waals surface area contributed by atoms with Crippen LogP contribution in [-0.4, -0.2) is 17.6 Å². The Kier molecular flexibility index (Phi) is 6.77. The SMILES string of the molecule is CC[C@H](C)c1ccc(OCC(=O)Nc2ccc(NC(N)=S)cc2)cc1. The van der Waals surface area contributed by atoms with Crippen LogP contribution in [0.25, 0.3) is 0 Å². The molecule has 0 spiro atoms. The predicted octanol–water partition coefficient (Wildman–Crippen LogP) is 3.87. The van der Waals surface area contributed by atoms with Crippen molar-refractivity contribution in [1.82, 2.24) is 0 Å². The minimum Gasteiger partial charge on any atom is -0.484 e. The molecule has 6 heteroatoms. The Morgan fingerprint density at radius 3 is 2.16 bits per heavy atom. The van der Waals surface area contributed by atoms with Gasteiger partial charge in [-0.25, -0.2) is 0 Å². The van der Waals surface area contributed by atoms with E-state index in [1.54, 1.807) is 24.3 Å². The monoisotopic (exact) mass is 357 g/mol. The van der Waals surface area contributed by atoms with Gasteiger partial charge in [0.25, 0.3) is 5.91 Å². The molecule has 0 unspecified atom stereocenters. The van der Waals surface area contributed by atoms with Crippen LogP contribution in [0.1, 0.15) is 31.7 Å². The van der Waals surface area contributed by atoms with Crippen LogP contribution in [0.2, 0.25) is 0 Å². The summed E-state index contributed by atoms with van der Waals surface area (Å²) in [4.78, 5) is 12.0.